The number of halogens is 1. The molecule has 0 radical (unpaired) electrons. The molecule has 2 N–H and O–H groups in total. The lowest BCUT2D eigenvalue weighted by Gasteiger charge is -2.10. The van der Waals surface area contributed by atoms with E-state index in [0.29, 0.717) is 22.7 Å². The van der Waals surface area contributed by atoms with Crippen LogP contribution in [0.3, 0.4) is 0 Å². The number of rotatable bonds is 4. The fraction of sp³-hybridized carbons (Fsp3) is 0.556. The van der Waals surface area contributed by atoms with Gasteiger partial charge in [-0.3, -0.25) is 0 Å². The van der Waals surface area contributed by atoms with Crippen LogP contribution < -0.4 is 10.6 Å². The van der Waals surface area contributed by atoms with E-state index in [4.69, 9.17) is 11.6 Å². The molecular formula is C9H15ClN4. The highest BCUT2D eigenvalue weighted by Crippen LogP contribution is 2.19. The smallest absolute Gasteiger partial charge is 0.224 e. The highest BCUT2D eigenvalue weighted by atomic mass is 35.5. The third-order valence-corrected chi connectivity index (χ3v) is 1.92. The fourth-order valence-corrected chi connectivity index (χ4v) is 1.07. The van der Waals surface area contributed by atoms with Crippen LogP contribution in [0.15, 0.2) is 6.20 Å². The minimum absolute atomic E-state index is 0.546. The maximum atomic E-state index is 5.92. The molecule has 0 fully saturated rings. The molecule has 1 aromatic rings. The Kier molecular flexibility index (Phi) is 3.95. The van der Waals surface area contributed by atoms with E-state index < -0.39 is 0 Å². The Morgan fingerprint density at radius 3 is 2.79 bits per heavy atom. The topological polar surface area (TPSA) is 49.8 Å². The molecule has 0 saturated heterocycles. The lowest BCUT2D eigenvalue weighted by molar-refractivity contribution is 0.687. The third-order valence-electron chi connectivity index (χ3n) is 1.65. The second-order valence-corrected chi connectivity index (χ2v) is 3.82. The van der Waals surface area contributed by atoms with Gasteiger partial charge in [0.05, 0.1) is 6.20 Å². The molecule has 0 saturated carbocycles. The van der Waals surface area contributed by atoms with E-state index in [1.54, 1.807) is 13.2 Å². The number of nitrogens with zero attached hydrogens (tertiary/aromatic N) is 2. The van der Waals surface area contributed by atoms with Crippen LogP contribution in [0.25, 0.3) is 0 Å². The zero-order valence-electron chi connectivity index (χ0n) is 8.63. The fourth-order valence-electron chi connectivity index (χ4n) is 0.912. The molecule has 1 aromatic heterocycles. The molecule has 5 heteroatoms. The lowest BCUT2D eigenvalue weighted by Crippen LogP contribution is -2.10. The van der Waals surface area contributed by atoms with Crippen molar-refractivity contribution in [2.24, 2.45) is 5.92 Å². The van der Waals surface area contributed by atoms with Gasteiger partial charge >= 0.3 is 0 Å². The van der Waals surface area contributed by atoms with E-state index in [0.717, 1.165) is 6.54 Å². The van der Waals surface area contributed by atoms with Gasteiger partial charge in [0.2, 0.25) is 5.95 Å². The molecule has 0 amide bonds. The molecule has 0 aliphatic rings. The molecule has 0 aliphatic heterocycles. The van der Waals surface area contributed by atoms with E-state index in [9.17, 15) is 0 Å². The molecule has 0 atom stereocenters. The Bertz CT molecular complexity index is 301. The summed E-state index contributed by atoms with van der Waals surface area (Å²) in [7, 11) is 1.77. The summed E-state index contributed by atoms with van der Waals surface area (Å²) in [5.41, 5.74) is 0. The minimum atomic E-state index is 0.546. The number of hydrogen-bond acceptors (Lipinski definition) is 4. The zero-order chi connectivity index (χ0) is 10.6. The summed E-state index contributed by atoms with van der Waals surface area (Å²) >= 11 is 5.92. The molecule has 0 unspecified atom stereocenters. The SMILES string of the molecule is CNc1ncc(Cl)c(NCC(C)C)n1. The summed E-state index contributed by atoms with van der Waals surface area (Å²) in [4.78, 5) is 8.19. The highest BCUT2D eigenvalue weighted by Gasteiger charge is 2.04. The normalized spacial score (nSPS) is 10.4. The van der Waals surface area contributed by atoms with Crippen molar-refractivity contribution in [1.82, 2.24) is 9.97 Å². The average molecular weight is 215 g/mol. The van der Waals surface area contributed by atoms with Crippen LogP contribution in [0.1, 0.15) is 13.8 Å². The van der Waals surface area contributed by atoms with Crippen molar-refractivity contribution in [2.75, 3.05) is 24.2 Å². The first-order valence-electron chi connectivity index (χ1n) is 4.57. The van der Waals surface area contributed by atoms with Gasteiger partial charge in [-0.05, 0) is 5.92 Å². The van der Waals surface area contributed by atoms with Crippen LogP contribution in [0.5, 0.6) is 0 Å². The molecular weight excluding hydrogens is 200 g/mol. The van der Waals surface area contributed by atoms with Gasteiger partial charge in [-0.15, -0.1) is 0 Å². The Balaban J connectivity index is 2.73. The number of nitrogens with one attached hydrogen (secondary N) is 2. The summed E-state index contributed by atoms with van der Waals surface area (Å²) in [5.74, 6) is 1.81. The van der Waals surface area contributed by atoms with Gasteiger partial charge < -0.3 is 10.6 Å². The van der Waals surface area contributed by atoms with Gasteiger partial charge in [-0.1, -0.05) is 25.4 Å². The van der Waals surface area contributed by atoms with E-state index in [1.165, 1.54) is 0 Å². The largest absolute Gasteiger partial charge is 0.368 e. The predicted molar refractivity (Wildman–Crippen MR) is 59.9 cm³/mol. The molecule has 0 aromatic carbocycles. The van der Waals surface area contributed by atoms with E-state index in [2.05, 4.69) is 34.4 Å². The van der Waals surface area contributed by atoms with Crippen molar-refractivity contribution >= 4 is 23.4 Å². The molecule has 4 nitrogen and oxygen atoms in total. The van der Waals surface area contributed by atoms with Gasteiger partial charge in [-0.2, -0.15) is 4.98 Å². The highest BCUT2D eigenvalue weighted by molar-refractivity contribution is 6.32. The maximum Gasteiger partial charge on any atom is 0.224 e. The van der Waals surface area contributed by atoms with Gasteiger partial charge in [0, 0.05) is 13.6 Å². The van der Waals surface area contributed by atoms with Crippen molar-refractivity contribution < 1.29 is 0 Å². The van der Waals surface area contributed by atoms with Crippen LogP contribution in [0, 0.1) is 5.92 Å². The summed E-state index contributed by atoms with van der Waals surface area (Å²) in [6.07, 6.45) is 1.59. The number of aromatic nitrogens is 2. The van der Waals surface area contributed by atoms with Gasteiger partial charge in [0.25, 0.3) is 0 Å². The van der Waals surface area contributed by atoms with Crippen LogP contribution in [-0.2, 0) is 0 Å². The van der Waals surface area contributed by atoms with Crippen molar-refractivity contribution in [3.8, 4) is 0 Å². The second-order valence-electron chi connectivity index (χ2n) is 3.41. The molecule has 0 spiro atoms. The van der Waals surface area contributed by atoms with E-state index in [-0.39, 0.29) is 0 Å². The van der Waals surface area contributed by atoms with E-state index >= 15 is 0 Å². The van der Waals surface area contributed by atoms with E-state index in [1.807, 2.05) is 0 Å². The first-order chi connectivity index (χ1) is 6.63. The summed E-state index contributed by atoms with van der Waals surface area (Å²) in [6.45, 7) is 5.10. The Hall–Kier alpha value is -1.03. The van der Waals surface area contributed by atoms with Crippen LogP contribution in [0.2, 0.25) is 5.02 Å². The molecule has 0 aliphatic carbocycles. The summed E-state index contributed by atoms with van der Waals surface area (Å²) in [6, 6.07) is 0. The molecule has 1 rings (SSSR count). The second kappa shape index (κ2) is 5.00. The third kappa shape index (κ3) is 3.03. The molecule has 1 heterocycles. The number of anilines is 2. The van der Waals surface area contributed by atoms with Crippen molar-refractivity contribution in [3.05, 3.63) is 11.2 Å². The monoisotopic (exact) mass is 214 g/mol. The average Bonchev–Trinajstić information content (AvgIpc) is 2.16. The zero-order valence-corrected chi connectivity index (χ0v) is 9.39. The van der Waals surface area contributed by atoms with Gasteiger partial charge in [-0.25, -0.2) is 4.98 Å². The van der Waals surface area contributed by atoms with Crippen molar-refractivity contribution in [2.45, 2.75) is 13.8 Å². The Morgan fingerprint density at radius 2 is 2.21 bits per heavy atom. The van der Waals surface area contributed by atoms with Gasteiger partial charge in [0.1, 0.15) is 10.8 Å². The lowest BCUT2D eigenvalue weighted by atomic mass is 10.2. The minimum Gasteiger partial charge on any atom is -0.368 e. The summed E-state index contributed by atoms with van der Waals surface area (Å²) in [5, 5.41) is 6.57. The molecule has 0 bridgehead atoms. The number of hydrogen-bond donors (Lipinski definition) is 2. The first kappa shape index (κ1) is 11.0. The van der Waals surface area contributed by atoms with Crippen LogP contribution in [-0.4, -0.2) is 23.6 Å². The van der Waals surface area contributed by atoms with Crippen molar-refractivity contribution in [3.63, 3.8) is 0 Å². The standard InChI is InChI=1S/C9H15ClN4/c1-6(2)4-12-8-7(10)5-13-9(11-3)14-8/h5-6H,4H2,1-3H3,(H2,11,12,13,14). The molecule has 14 heavy (non-hydrogen) atoms. The van der Waals surface area contributed by atoms with Crippen LogP contribution in [0.4, 0.5) is 11.8 Å². The maximum absolute atomic E-state index is 5.92. The van der Waals surface area contributed by atoms with Crippen molar-refractivity contribution in [1.29, 1.82) is 0 Å². The first-order valence-corrected chi connectivity index (χ1v) is 4.95. The quantitative estimate of drug-likeness (QED) is 0.807. The Morgan fingerprint density at radius 1 is 1.50 bits per heavy atom. The van der Waals surface area contributed by atoms with Crippen LogP contribution >= 0.6 is 11.6 Å². The van der Waals surface area contributed by atoms with Gasteiger partial charge in [0.15, 0.2) is 0 Å². The summed E-state index contributed by atoms with van der Waals surface area (Å²) < 4.78 is 0. The molecule has 78 valence electrons. The predicted octanol–water partition coefficient (Wildman–Crippen LogP) is 2.24. The Labute approximate surface area is 89.1 Å².